The Morgan fingerprint density at radius 3 is 2.84 bits per heavy atom. The second-order valence-electron chi connectivity index (χ2n) is 3.76. The van der Waals surface area contributed by atoms with Crippen molar-refractivity contribution in [2.75, 3.05) is 32.1 Å². The van der Waals surface area contributed by atoms with Crippen LogP contribution in [0.25, 0.3) is 0 Å². The summed E-state index contributed by atoms with van der Waals surface area (Å²) in [6.45, 7) is 7.68. The van der Waals surface area contributed by atoms with Crippen LogP contribution in [0.4, 0.5) is 5.69 Å². The minimum atomic E-state index is -0.261. The molecule has 1 aromatic carbocycles. The lowest BCUT2D eigenvalue weighted by molar-refractivity contribution is -0.111. The van der Waals surface area contributed by atoms with Crippen molar-refractivity contribution in [2.24, 2.45) is 0 Å². The summed E-state index contributed by atoms with van der Waals surface area (Å²) < 4.78 is 10.8. The molecule has 0 saturated heterocycles. The van der Waals surface area contributed by atoms with Crippen LogP contribution in [0.2, 0.25) is 0 Å². The number of carbonyl (C=O) groups is 1. The van der Waals surface area contributed by atoms with E-state index in [9.17, 15) is 4.79 Å². The molecular formula is C14H20N2O3. The van der Waals surface area contributed by atoms with Gasteiger partial charge in [0.05, 0.1) is 7.11 Å². The summed E-state index contributed by atoms with van der Waals surface area (Å²) >= 11 is 0. The number of benzene rings is 1. The Balaban J connectivity index is 2.67. The molecule has 0 aromatic heterocycles. The van der Waals surface area contributed by atoms with Crippen molar-refractivity contribution < 1.29 is 14.3 Å². The van der Waals surface area contributed by atoms with Crippen molar-refractivity contribution in [1.82, 2.24) is 5.32 Å². The minimum Gasteiger partial charge on any atom is -0.493 e. The number of methoxy groups -OCH3 is 1. The van der Waals surface area contributed by atoms with Gasteiger partial charge in [0.15, 0.2) is 11.5 Å². The zero-order valence-corrected chi connectivity index (χ0v) is 11.4. The number of amides is 1. The molecule has 2 N–H and O–H groups in total. The molecule has 0 aliphatic rings. The smallest absolute Gasteiger partial charge is 0.247 e. The summed E-state index contributed by atoms with van der Waals surface area (Å²) in [6, 6.07) is 5.24. The maximum Gasteiger partial charge on any atom is 0.247 e. The maximum atomic E-state index is 11.2. The lowest BCUT2D eigenvalue weighted by atomic mass is 10.2. The van der Waals surface area contributed by atoms with E-state index in [-0.39, 0.29) is 5.91 Å². The van der Waals surface area contributed by atoms with Crippen LogP contribution in [0.15, 0.2) is 30.9 Å². The van der Waals surface area contributed by atoms with Gasteiger partial charge < -0.3 is 20.1 Å². The topological polar surface area (TPSA) is 59.6 Å². The normalized spacial score (nSPS) is 9.79. The van der Waals surface area contributed by atoms with Gasteiger partial charge in [-0.25, -0.2) is 0 Å². The third kappa shape index (κ3) is 5.01. The van der Waals surface area contributed by atoms with Gasteiger partial charge in [0.25, 0.3) is 0 Å². The Labute approximate surface area is 113 Å². The molecule has 0 heterocycles. The molecule has 0 unspecified atom stereocenters. The number of carbonyl (C=O) groups excluding carboxylic acids is 1. The number of hydrogen-bond donors (Lipinski definition) is 2. The summed E-state index contributed by atoms with van der Waals surface area (Å²) in [7, 11) is 1.56. The minimum absolute atomic E-state index is 0.261. The molecule has 104 valence electrons. The first-order valence-corrected chi connectivity index (χ1v) is 6.16. The molecule has 5 nitrogen and oxygen atoms in total. The molecule has 0 aliphatic carbocycles. The van der Waals surface area contributed by atoms with Gasteiger partial charge in [-0.15, -0.1) is 0 Å². The van der Waals surface area contributed by atoms with Gasteiger partial charge in [0, 0.05) is 18.3 Å². The molecule has 0 bridgehead atoms. The molecule has 1 amide bonds. The predicted octanol–water partition coefficient (Wildman–Crippen LogP) is 1.81. The summed E-state index contributed by atoms with van der Waals surface area (Å²) in [4.78, 5) is 11.2. The third-order valence-corrected chi connectivity index (χ3v) is 2.40. The maximum absolute atomic E-state index is 11.2. The van der Waals surface area contributed by atoms with Crippen LogP contribution in [0.3, 0.4) is 0 Å². The first-order valence-electron chi connectivity index (χ1n) is 6.16. The van der Waals surface area contributed by atoms with Crippen LogP contribution >= 0.6 is 0 Å². The van der Waals surface area contributed by atoms with Gasteiger partial charge in [-0.1, -0.05) is 13.5 Å². The Morgan fingerprint density at radius 1 is 1.42 bits per heavy atom. The van der Waals surface area contributed by atoms with E-state index in [1.54, 1.807) is 25.3 Å². The average molecular weight is 264 g/mol. The highest BCUT2D eigenvalue weighted by Crippen LogP contribution is 2.30. The van der Waals surface area contributed by atoms with Crippen molar-refractivity contribution in [3.05, 3.63) is 30.9 Å². The highest BCUT2D eigenvalue weighted by Gasteiger charge is 2.06. The SMILES string of the molecule is C=CC(=O)Nc1ccc(OCCNCC)c(OC)c1. The second kappa shape index (κ2) is 8.16. The number of hydrogen-bond acceptors (Lipinski definition) is 4. The fraction of sp³-hybridized carbons (Fsp3) is 0.357. The van der Waals surface area contributed by atoms with Crippen molar-refractivity contribution >= 4 is 11.6 Å². The highest BCUT2D eigenvalue weighted by molar-refractivity contribution is 5.99. The molecule has 1 rings (SSSR count). The zero-order valence-electron chi connectivity index (χ0n) is 11.4. The van der Waals surface area contributed by atoms with Crippen LogP contribution in [0.5, 0.6) is 11.5 Å². The quantitative estimate of drug-likeness (QED) is 0.555. The zero-order chi connectivity index (χ0) is 14.1. The average Bonchev–Trinajstić information content (AvgIpc) is 2.44. The molecule has 0 saturated carbocycles. The van der Waals surface area contributed by atoms with E-state index in [0.717, 1.165) is 13.1 Å². The molecule has 0 fully saturated rings. The van der Waals surface area contributed by atoms with Gasteiger partial charge in [0.1, 0.15) is 6.61 Å². The van der Waals surface area contributed by atoms with E-state index in [4.69, 9.17) is 9.47 Å². The van der Waals surface area contributed by atoms with Crippen molar-refractivity contribution in [2.45, 2.75) is 6.92 Å². The van der Waals surface area contributed by atoms with Crippen LogP contribution < -0.4 is 20.1 Å². The summed E-state index contributed by atoms with van der Waals surface area (Å²) in [6.07, 6.45) is 1.22. The van der Waals surface area contributed by atoms with E-state index in [1.165, 1.54) is 6.08 Å². The number of nitrogens with one attached hydrogen (secondary N) is 2. The number of ether oxygens (including phenoxy) is 2. The van der Waals surface area contributed by atoms with Gasteiger partial charge >= 0.3 is 0 Å². The van der Waals surface area contributed by atoms with Crippen molar-refractivity contribution in [3.63, 3.8) is 0 Å². The number of rotatable bonds is 8. The standard InChI is InChI=1S/C14H20N2O3/c1-4-14(17)16-11-6-7-12(13(10-11)18-3)19-9-8-15-5-2/h4,6-7,10,15H,1,5,8-9H2,2-3H3,(H,16,17). The Hall–Kier alpha value is -2.01. The van der Waals surface area contributed by atoms with E-state index in [0.29, 0.717) is 23.8 Å². The molecule has 5 heteroatoms. The van der Waals surface area contributed by atoms with Crippen molar-refractivity contribution in [3.8, 4) is 11.5 Å². The van der Waals surface area contributed by atoms with Crippen LogP contribution in [-0.4, -0.2) is 32.7 Å². The summed E-state index contributed by atoms with van der Waals surface area (Å²) in [5, 5.41) is 5.83. The van der Waals surface area contributed by atoms with Gasteiger partial charge in [-0.2, -0.15) is 0 Å². The first kappa shape index (κ1) is 15.0. The predicted molar refractivity (Wildman–Crippen MR) is 75.9 cm³/mol. The second-order valence-corrected chi connectivity index (χ2v) is 3.76. The lowest BCUT2D eigenvalue weighted by Crippen LogP contribution is -2.20. The van der Waals surface area contributed by atoms with Gasteiger partial charge in [-0.3, -0.25) is 4.79 Å². The largest absolute Gasteiger partial charge is 0.493 e. The van der Waals surface area contributed by atoms with Crippen molar-refractivity contribution in [1.29, 1.82) is 0 Å². The fourth-order valence-electron chi connectivity index (χ4n) is 1.47. The summed E-state index contributed by atoms with van der Waals surface area (Å²) in [5.41, 5.74) is 0.640. The fourth-order valence-corrected chi connectivity index (χ4v) is 1.47. The van der Waals surface area contributed by atoms with E-state index in [1.807, 2.05) is 6.92 Å². The Morgan fingerprint density at radius 2 is 2.21 bits per heavy atom. The number of likely N-dealkylation sites (N-methyl/N-ethyl adjacent to an activating group) is 1. The molecule has 0 spiro atoms. The van der Waals surface area contributed by atoms with E-state index < -0.39 is 0 Å². The molecule has 1 aromatic rings. The van der Waals surface area contributed by atoms with Crippen LogP contribution in [0, 0.1) is 0 Å². The van der Waals surface area contributed by atoms with Crippen LogP contribution in [-0.2, 0) is 4.79 Å². The highest BCUT2D eigenvalue weighted by atomic mass is 16.5. The van der Waals surface area contributed by atoms with Gasteiger partial charge in [0.2, 0.25) is 5.91 Å². The Kier molecular flexibility index (Phi) is 6.46. The molecule has 0 atom stereocenters. The molecule has 0 radical (unpaired) electrons. The molecule has 0 aliphatic heterocycles. The summed E-state index contributed by atoms with van der Waals surface area (Å²) in [5.74, 6) is 0.971. The monoisotopic (exact) mass is 264 g/mol. The number of anilines is 1. The molecular weight excluding hydrogens is 244 g/mol. The van der Waals surface area contributed by atoms with Crippen LogP contribution in [0.1, 0.15) is 6.92 Å². The Bertz CT molecular complexity index is 433. The molecule has 19 heavy (non-hydrogen) atoms. The van der Waals surface area contributed by atoms with E-state index in [2.05, 4.69) is 17.2 Å². The third-order valence-electron chi connectivity index (χ3n) is 2.40. The van der Waals surface area contributed by atoms with E-state index >= 15 is 0 Å². The van der Waals surface area contributed by atoms with Gasteiger partial charge in [-0.05, 0) is 24.8 Å². The lowest BCUT2D eigenvalue weighted by Gasteiger charge is -2.12. The first-order chi connectivity index (χ1) is 9.21.